The minimum Gasteiger partial charge on any atom is -0.329 e. The minimum absolute atomic E-state index is 0.316. The molecule has 2 rings (SSSR count). The number of carbonyl (C=O) groups is 1. The molecule has 0 saturated heterocycles. The third kappa shape index (κ3) is 3.70. The van der Waals surface area contributed by atoms with E-state index in [4.69, 9.17) is 5.73 Å². The van der Waals surface area contributed by atoms with Gasteiger partial charge in [-0.2, -0.15) is 13.2 Å². The van der Waals surface area contributed by atoms with E-state index in [1.807, 2.05) is 0 Å². The van der Waals surface area contributed by atoms with Crippen molar-refractivity contribution in [1.29, 1.82) is 0 Å². The first-order chi connectivity index (χ1) is 8.88. The van der Waals surface area contributed by atoms with Gasteiger partial charge in [0, 0.05) is 6.04 Å². The Morgan fingerprint density at radius 3 is 2.37 bits per heavy atom. The van der Waals surface area contributed by atoms with Crippen LogP contribution in [0.1, 0.15) is 24.4 Å². The topological polar surface area (TPSA) is 46.3 Å². The molecule has 0 aromatic heterocycles. The molecule has 0 heterocycles. The molecule has 1 aliphatic carbocycles. The molecule has 1 fully saturated rings. The highest BCUT2D eigenvalue weighted by Gasteiger charge is 2.42. The maximum Gasteiger partial charge on any atom is 0.406 e. The Bertz CT molecular complexity index is 443. The van der Waals surface area contributed by atoms with Crippen LogP contribution >= 0.6 is 0 Å². The summed E-state index contributed by atoms with van der Waals surface area (Å²) in [6.07, 6.45) is -3.17. The van der Waals surface area contributed by atoms with Gasteiger partial charge >= 0.3 is 6.18 Å². The van der Waals surface area contributed by atoms with Crippen LogP contribution in [0.3, 0.4) is 0 Å². The highest BCUT2D eigenvalue weighted by Crippen LogP contribution is 2.32. The van der Waals surface area contributed by atoms with Gasteiger partial charge in [0.2, 0.25) is 5.91 Å². The fraction of sp³-hybridized carbons (Fsp3) is 0.462. The molecule has 19 heavy (non-hydrogen) atoms. The second-order valence-corrected chi connectivity index (χ2v) is 4.70. The van der Waals surface area contributed by atoms with Crippen LogP contribution < -0.4 is 5.73 Å². The molecule has 0 radical (unpaired) electrons. The fourth-order valence-corrected chi connectivity index (χ4v) is 1.95. The number of benzene rings is 1. The van der Waals surface area contributed by atoms with Crippen molar-refractivity contribution < 1.29 is 18.0 Å². The Labute approximate surface area is 109 Å². The van der Waals surface area contributed by atoms with E-state index in [2.05, 4.69) is 0 Å². The van der Waals surface area contributed by atoms with Crippen molar-refractivity contribution in [2.75, 3.05) is 6.54 Å². The van der Waals surface area contributed by atoms with Crippen molar-refractivity contribution >= 4 is 5.91 Å². The van der Waals surface area contributed by atoms with Gasteiger partial charge in [-0.1, -0.05) is 30.3 Å². The molecule has 0 spiro atoms. The van der Waals surface area contributed by atoms with Crippen LogP contribution in [0.4, 0.5) is 13.2 Å². The van der Waals surface area contributed by atoms with Crippen molar-refractivity contribution in [2.24, 2.45) is 5.73 Å². The zero-order valence-corrected chi connectivity index (χ0v) is 10.2. The molecule has 6 heteroatoms. The maximum atomic E-state index is 12.5. The lowest BCUT2D eigenvalue weighted by Crippen LogP contribution is -2.44. The molecule has 1 aliphatic rings. The summed E-state index contributed by atoms with van der Waals surface area (Å²) in [4.78, 5) is 13.0. The largest absolute Gasteiger partial charge is 0.406 e. The quantitative estimate of drug-likeness (QED) is 0.913. The lowest BCUT2D eigenvalue weighted by atomic mass is 10.1. The lowest BCUT2D eigenvalue weighted by Gasteiger charge is -2.26. The minimum atomic E-state index is -4.39. The van der Waals surface area contributed by atoms with E-state index in [1.165, 1.54) is 0 Å². The number of amides is 1. The van der Waals surface area contributed by atoms with Gasteiger partial charge in [0.15, 0.2) is 0 Å². The van der Waals surface area contributed by atoms with E-state index in [9.17, 15) is 18.0 Å². The first-order valence-corrected chi connectivity index (χ1v) is 6.06. The number of nitrogens with zero attached hydrogens (tertiary/aromatic N) is 1. The summed E-state index contributed by atoms with van der Waals surface area (Å²) >= 11 is 0. The smallest absolute Gasteiger partial charge is 0.329 e. The number of hydrogen-bond acceptors (Lipinski definition) is 2. The van der Waals surface area contributed by atoms with Crippen LogP contribution in [0, 0.1) is 0 Å². The predicted octanol–water partition coefficient (Wildman–Crippen LogP) is 2.24. The second kappa shape index (κ2) is 5.21. The van der Waals surface area contributed by atoms with Crippen LogP contribution in [0.15, 0.2) is 30.3 Å². The van der Waals surface area contributed by atoms with Crippen LogP contribution in [-0.4, -0.2) is 29.6 Å². The molecule has 3 nitrogen and oxygen atoms in total. The third-order valence-electron chi connectivity index (χ3n) is 3.05. The van der Waals surface area contributed by atoms with Crippen molar-refractivity contribution in [3.8, 4) is 0 Å². The van der Waals surface area contributed by atoms with Gasteiger partial charge in [0.1, 0.15) is 12.6 Å². The first kappa shape index (κ1) is 13.9. The zero-order valence-electron chi connectivity index (χ0n) is 10.2. The number of carbonyl (C=O) groups excluding carboxylic acids is 1. The van der Waals surface area contributed by atoms with Gasteiger partial charge in [-0.25, -0.2) is 0 Å². The van der Waals surface area contributed by atoms with E-state index >= 15 is 0 Å². The Morgan fingerprint density at radius 1 is 1.32 bits per heavy atom. The van der Waals surface area contributed by atoms with Crippen LogP contribution in [0.2, 0.25) is 0 Å². The van der Waals surface area contributed by atoms with Crippen molar-refractivity contribution in [3.05, 3.63) is 35.9 Å². The summed E-state index contributed by atoms with van der Waals surface area (Å²) in [5.74, 6) is -0.661. The van der Waals surface area contributed by atoms with Crippen molar-refractivity contribution in [3.63, 3.8) is 0 Å². The zero-order chi connectivity index (χ0) is 14.0. The highest BCUT2D eigenvalue weighted by atomic mass is 19.4. The first-order valence-electron chi connectivity index (χ1n) is 6.06. The predicted molar refractivity (Wildman–Crippen MR) is 64.2 cm³/mol. The molecule has 0 aliphatic heterocycles. The summed E-state index contributed by atoms with van der Waals surface area (Å²) in [6, 6.07) is 7.09. The number of alkyl halides is 3. The normalized spacial score (nSPS) is 17.1. The SMILES string of the molecule is N[C@@H](C(=O)N(CC(F)(F)F)C1CC1)c1ccccc1. The van der Waals surface area contributed by atoms with Crippen molar-refractivity contribution in [1.82, 2.24) is 4.90 Å². The summed E-state index contributed by atoms with van der Waals surface area (Å²) < 4.78 is 37.5. The van der Waals surface area contributed by atoms with E-state index in [1.54, 1.807) is 30.3 Å². The van der Waals surface area contributed by atoms with Gasteiger partial charge in [0.25, 0.3) is 0 Å². The van der Waals surface area contributed by atoms with E-state index in [0.29, 0.717) is 18.4 Å². The number of rotatable bonds is 4. The van der Waals surface area contributed by atoms with E-state index in [-0.39, 0.29) is 6.04 Å². The average Bonchev–Trinajstić information content (AvgIpc) is 3.18. The number of halogens is 3. The third-order valence-corrected chi connectivity index (χ3v) is 3.05. The van der Waals surface area contributed by atoms with Gasteiger partial charge in [0.05, 0.1) is 0 Å². The molecular weight excluding hydrogens is 257 g/mol. The number of hydrogen-bond donors (Lipinski definition) is 1. The molecule has 104 valence electrons. The summed E-state index contributed by atoms with van der Waals surface area (Å²) in [5, 5.41) is 0. The summed E-state index contributed by atoms with van der Waals surface area (Å²) in [7, 11) is 0. The summed E-state index contributed by atoms with van der Waals surface area (Å²) in [5.41, 5.74) is 6.29. The Morgan fingerprint density at radius 2 is 1.89 bits per heavy atom. The van der Waals surface area contributed by atoms with Gasteiger partial charge in [-0.3, -0.25) is 4.79 Å². The monoisotopic (exact) mass is 272 g/mol. The van der Waals surface area contributed by atoms with Crippen LogP contribution in [-0.2, 0) is 4.79 Å². The van der Waals surface area contributed by atoms with Gasteiger partial charge < -0.3 is 10.6 Å². The molecule has 0 unspecified atom stereocenters. The Kier molecular flexibility index (Phi) is 3.80. The summed E-state index contributed by atoms with van der Waals surface area (Å²) in [6.45, 7) is -1.23. The number of nitrogens with two attached hydrogens (primary N) is 1. The molecule has 1 saturated carbocycles. The highest BCUT2D eigenvalue weighted by molar-refractivity contribution is 5.83. The van der Waals surface area contributed by atoms with E-state index < -0.39 is 24.7 Å². The van der Waals surface area contributed by atoms with Crippen LogP contribution in [0.25, 0.3) is 0 Å². The standard InChI is InChI=1S/C13H15F3N2O/c14-13(15,16)8-18(10-6-7-10)12(19)11(17)9-4-2-1-3-5-9/h1-5,10-11H,6-8,17H2/t11-/m1/s1. The molecule has 1 aromatic carbocycles. The lowest BCUT2D eigenvalue weighted by molar-refractivity contribution is -0.163. The second-order valence-electron chi connectivity index (χ2n) is 4.70. The molecule has 1 atom stereocenters. The van der Waals surface area contributed by atoms with E-state index in [0.717, 1.165) is 4.90 Å². The fourth-order valence-electron chi connectivity index (χ4n) is 1.95. The molecule has 1 amide bonds. The van der Waals surface area contributed by atoms with Gasteiger partial charge in [-0.15, -0.1) is 0 Å². The molecule has 1 aromatic rings. The van der Waals surface area contributed by atoms with Gasteiger partial charge in [-0.05, 0) is 18.4 Å². The maximum absolute atomic E-state index is 12.5. The van der Waals surface area contributed by atoms with Crippen molar-refractivity contribution in [2.45, 2.75) is 31.1 Å². The Balaban J connectivity index is 2.11. The average molecular weight is 272 g/mol. The van der Waals surface area contributed by atoms with Crippen LogP contribution in [0.5, 0.6) is 0 Å². The Hall–Kier alpha value is -1.56. The molecule has 0 bridgehead atoms. The molecule has 2 N–H and O–H groups in total. The molecular formula is C13H15F3N2O.